The normalized spacial score (nSPS) is 11.5. The summed E-state index contributed by atoms with van der Waals surface area (Å²) in [6.45, 7) is 1.55. The molecular weight excluding hydrogens is 236 g/mol. The zero-order valence-electron chi connectivity index (χ0n) is 10.3. The van der Waals surface area contributed by atoms with E-state index in [0.29, 0.717) is 11.4 Å². The number of rotatable bonds is 4. The second-order valence-electron chi connectivity index (χ2n) is 3.74. The number of amides is 2. The van der Waals surface area contributed by atoms with Gasteiger partial charge in [0.1, 0.15) is 5.75 Å². The summed E-state index contributed by atoms with van der Waals surface area (Å²) in [6, 6.07) is 6.59. The van der Waals surface area contributed by atoms with E-state index in [4.69, 9.17) is 9.84 Å². The number of hydrogen-bond donors (Lipinski definition) is 3. The average molecular weight is 252 g/mol. The van der Waals surface area contributed by atoms with Gasteiger partial charge < -0.3 is 20.5 Å². The number of carbonyl (C=O) groups excluding carboxylic acids is 2. The largest absolute Gasteiger partial charge is 0.497 e. The van der Waals surface area contributed by atoms with Gasteiger partial charge in [-0.15, -0.1) is 0 Å². The molecule has 0 saturated carbocycles. The summed E-state index contributed by atoms with van der Waals surface area (Å²) < 4.78 is 4.97. The highest BCUT2D eigenvalue weighted by Gasteiger charge is 2.13. The Hall–Kier alpha value is -2.08. The molecule has 0 fully saturated rings. The minimum absolute atomic E-state index is 0.0366. The van der Waals surface area contributed by atoms with Gasteiger partial charge in [0.05, 0.1) is 13.2 Å². The summed E-state index contributed by atoms with van der Waals surface area (Å²) in [7, 11) is 1.54. The van der Waals surface area contributed by atoms with Gasteiger partial charge in [-0.2, -0.15) is 0 Å². The lowest BCUT2D eigenvalue weighted by molar-refractivity contribution is -0.136. The van der Waals surface area contributed by atoms with Crippen LogP contribution in [0.15, 0.2) is 24.3 Å². The van der Waals surface area contributed by atoms with Gasteiger partial charge in [-0.1, -0.05) is 0 Å². The Morgan fingerprint density at radius 3 is 2.39 bits per heavy atom. The molecule has 1 aromatic rings. The van der Waals surface area contributed by atoms with E-state index in [0.717, 1.165) is 0 Å². The van der Waals surface area contributed by atoms with Crippen LogP contribution in [0.5, 0.6) is 5.75 Å². The van der Waals surface area contributed by atoms with E-state index in [-0.39, 0.29) is 6.54 Å². The van der Waals surface area contributed by atoms with Crippen molar-refractivity contribution in [2.75, 3.05) is 19.0 Å². The molecule has 0 radical (unpaired) electrons. The molecule has 0 aromatic heterocycles. The molecule has 0 aliphatic heterocycles. The van der Waals surface area contributed by atoms with Crippen LogP contribution in [0.25, 0.3) is 0 Å². The van der Waals surface area contributed by atoms with Gasteiger partial charge in [0.25, 0.3) is 0 Å². The maximum atomic E-state index is 11.4. The SMILES string of the molecule is COc1ccc(NC(=O)C(=O)NCC(C)O)cc1. The summed E-state index contributed by atoms with van der Waals surface area (Å²) in [5.41, 5.74) is 0.494. The number of aliphatic hydroxyl groups excluding tert-OH is 1. The quantitative estimate of drug-likeness (QED) is 0.665. The summed E-state index contributed by atoms with van der Waals surface area (Å²) in [6.07, 6.45) is -0.692. The molecule has 2 amide bonds. The minimum atomic E-state index is -0.785. The monoisotopic (exact) mass is 252 g/mol. The lowest BCUT2D eigenvalue weighted by Crippen LogP contribution is -2.38. The van der Waals surface area contributed by atoms with Crippen LogP contribution in [0.2, 0.25) is 0 Å². The molecule has 0 saturated heterocycles. The molecule has 1 aromatic carbocycles. The number of carbonyl (C=O) groups is 2. The van der Waals surface area contributed by atoms with Crippen LogP contribution >= 0.6 is 0 Å². The van der Waals surface area contributed by atoms with Gasteiger partial charge in [-0.05, 0) is 31.2 Å². The van der Waals surface area contributed by atoms with Crippen LogP contribution in [-0.4, -0.2) is 36.7 Å². The Balaban J connectivity index is 2.50. The van der Waals surface area contributed by atoms with Crippen molar-refractivity contribution < 1.29 is 19.4 Å². The molecule has 0 bridgehead atoms. The Morgan fingerprint density at radius 2 is 1.89 bits per heavy atom. The predicted octanol–water partition coefficient (Wildman–Crippen LogP) is 0.131. The van der Waals surface area contributed by atoms with E-state index in [1.165, 1.54) is 14.0 Å². The van der Waals surface area contributed by atoms with Crippen LogP contribution in [0, 0.1) is 0 Å². The topological polar surface area (TPSA) is 87.7 Å². The number of benzene rings is 1. The highest BCUT2D eigenvalue weighted by molar-refractivity contribution is 6.39. The molecule has 1 atom stereocenters. The van der Waals surface area contributed by atoms with Crippen molar-refractivity contribution in [3.63, 3.8) is 0 Å². The van der Waals surface area contributed by atoms with Crippen molar-refractivity contribution in [1.29, 1.82) is 0 Å². The fourth-order valence-corrected chi connectivity index (χ4v) is 1.18. The van der Waals surface area contributed by atoms with Gasteiger partial charge in [0.2, 0.25) is 0 Å². The maximum Gasteiger partial charge on any atom is 0.313 e. The van der Waals surface area contributed by atoms with Crippen molar-refractivity contribution in [2.24, 2.45) is 0 Å². The minimum Gasteiger partial charge on any atom is -0.497 e. The van der Waals surface area contributed by atoms with Gasteiger partial charge in [-0.3, -0.25) is 9.59 Å². The summed E-state index contributed by atoms with van der Waals surface area (Å²) in [5, 5.41) is 13.7. The van der Waals surface area contributed by atoms with Gasteiger partial charge in [0.15, 0.2) is 0 Å². The molecule has 0 aliphatic carbocycles. The van der Waals surface area contributed by atoms with E-state index < -0.39 is 17.9 Å². The van der Waals surface area contributed by atoms with Crippen molar-refractivity contribution in [1.82, 2.24) is 5.32 Å². The highest BCUT2D eigenvalue weighted by atomic mass is 16.5. The third kappa shape index (κ3) is 4.42. The first-order chi connectivity index (χ1) is 8.52. The predicted molar refractivity (Wildman–Crippen MR) is 66.3 cm³/mol. The van der Waals surface area contributed by atoms with Crippen molar-refractivity contribution in [3.8, 4) is 5.75 Å². The van der Waals surface area contributed by atoms with Gasteiger partial charge in [-0.25, -0.2) is 0 Å². The van der Waals surface area contributed by atoms with Crippen LogP contribution < -0.4 is 15.4 Å². The lowest BCUT2D eigenvalue weighted by atomic mass is 10.3. The molecule has 18 heavy (non-hydrogen) atoms. The number of aliphatic hydroxyl groups is 1. The summed E-state index contributed by atoms with van der Waals surface area (Å²) in [4.78, 5) is 22.8. The number of anilines is 1. The molecular formula is C12H16N2O4. The van der Waals surface area contributed by atoms with Crippen LogP contribution in [0.3, 0.4) is 0 Å². The Kier molecular flexibility index (Phi) is 5.13. The Bertz CT molecular complexity index is 415. The number of nitrogens with one attached hydrogen (secondary N) is 2. The maximum absolute atomic E-state index is 11.4. The van der Waals surface area contributed by atoms with E-state index in [2.05, 4.69) is 10.6 Å². The first-order valence-corrected chi connectivity index (χ1v) is 5.44. The molecule has 3 N–H and O–H groups in total. The fraction of sp³-hybridized carbons (Fsp3) is 0.333. The van der Waals surface area contributed by atoms with E-state index in [1.807, 2.05) is 0 Å². The van der Waals surface area contributed by atoms with Crippen molar-refractivity contribution in [2.45, 2.75) is 13.0 Å². The molecule has 0 heterocycles. The highest BCUT2D eigenvalue weighted by Crippen LogP contribution is 2.14. The second kappa shape index (κ2) is 6.61. The third-order valence-electron chi connectivity index (χ3n) is 2.11. The first kappa shape index (κ1) is 14.0. The molecule has 1 unspecified atom stereocenters. The van der Waals surface area contributed by atoms with Gasteiger partial charge in [0, 0.05) is 12.2 Å². The smallest absolute Gasteiger partial charge is 0.313 e. The zero-order chi connectivity index (χ0) is 13.5. The first-order valence-electron chi connectivity index (χ1n) is 5.44. The third-order valence-corrected chi connectivity index (χ3v) is 2.11. The van der Waals surface area contributed by atoms with Crippen molar-refractivity contribution >= 4 is 17.5 Å². The van der Waals surface area contributed by atoms with Crippen LogP contribution in [-0.2, 0) is 9.59 Å². The molecule has 1 rings (SSSR count). The second-order valence-corrected chi connectivity index (χ2v) is 3.74. The van der Waals surface area contributed by atoms with Crippen LogP contribution in [0.4, 0.5) is 5.69 Å². The number of ether oxygens (including phenoxy) is 1. The number of hydrogen-bond acceptors (Lipinski definition) is 4. The van der Waals surface area contributed by atoms with Gasteiger partial charge >= 0.3 is 11.8 Å². The zero-order valence-corrected chi connectivity index (χ0v) is 10.3. The standard InChI is InChI=1S/C12H16N2O4/c1-8(15)7-13-11(16)12(17)14-9-3-5-10(18-2)6-4-9/h3-6,8,15H,7H2,1-2H3,(H,13,16)(H,14,17). The summed E-state index contributed by atoms with van der Waals surface area (Å²) >= 11 is 0. The molecule has 6 nitrogen and oxygen atoms in total. The van der Waals surface area contributed by atoms with E-state index in [9.17, 15) is 9.59 Å². The summed E-state index contributed by atoms with van der Waals surface area (Å²) in [5.74, 6) is -0.904. The Morgan fingerprint density at radius 1 is 1.28 bits per heavy atom. The average Bonchev–Trinajstić information content (AvgIpc) is 2.36. The van der Waals surface area contributed by atoms with Crippen LogP contribution in [0.1, 0.15) is 6.92 Å². The van der Waals surface area contributed by atoms with E-state index in [1.54, 1.807) is 24.3 Å². The molecule has 0 aliphatic rings. The number of methoxy groups -OCH3 is 1. The molecule has 0 spiro atoms. The van der Waals surface area contributed by atoms with Crippen molar-refractivity contribution in [3.05, 3.63) is 24.3 Å². The molecule has 6 heteroatoms. The van der Waals surface area contributed by atoms with E-state index >= 15 is 0 Å². The molecule has 98 valence electrons. The Labute approximate surface area is 105 Å². The fourth-order valence-electron chi connectivity index (χ4n) is 1.18. The lowest BCUT2D eigenvalue weighted by Gasteiger charge is -2.08.